The fourth-order valence-corrected chi connectivity index (χ4v) is 4.54. The quantitative estimate of drug-likeness (QED) is 0.801. The van der Waals surface area contributed by atoms with E-state index in [1.807, 2.05) is 0 Å². The van der Waals surface area contributed by atoms with Crippen LogP contribution in [-0.2, 0) is 0 Å². The number of hydrogen-bond donors (Lipinski definition) is 2. The minimum Gasteiger partial charge on any atom is -0.315 e. The van der Waals surface area contributed by atoms with Gasteiger partial charge in [0.15, 0.2) is 0 Å². The standard InChI is InChI=1S/C16H30N2/c1-16(8-4-5-9-16)12-17-11-14-10-13-6-2-3-7-15(13)18-14/h13-15,17-18H,2-12H2,1H3. The van der Waals surface area contributed by atoms with Crippen LogP contribution in [0.3, 0.4) is 0 Å². The van der Waals surface area contributed by atoms with Crippen LogP contribution in [0.15, 0.2) is 0 Å². The van der Waals surface area contributed by atoms with Crippen molar-refractivity contribution < 1.29 is 0 Å². The lowest BCUT2D eigenvalue weighted by molar-refractivity contribution is 0.308. The molecule has 3 rings (SSSR count). The molecule has 1 aliphatic heterocycles. The van der Waals surface area contributed by atoms with Gasteiger partial charge in [-0.1, -0.05) is 32.6 Å². The molecule has 0 aromatic carbocycles. The maximum atomic E-state index is 3.87. The van der Waals surface area contributed by atoms with Gasteiger partial charge in [0.2, 0.25) is 0 Å². The highest BCUT2D eigenvalue weighted by Gasteiger charge is 2.35. The van der Waals surface area contributed by atoms with E-state index in [1.54, 1.807) is 0 Å². The second-order valence-electron chi connectivity index (χ2n) is 7.40. The van der Waals surface area contributed by atoms with Crippen molar-refractivity contribution in [2.75, 3.05) is 13.1 Å². The van der Waals surface area contributed by atoms with Crippen molar-refractivity contribution in [2.24, 2.45) is 11.3 Å². The largest absolute Gasteiger partial charge is 0.315 e. The number of hydrogen-bond acceptors (Lipinski definition) is 2. The van der Waals surface area contributed by atoms with Crippen LogP contribution in [0.4, 0.5) is 0 Å². The van der Waals surface area contributed by atoms with Gasteiger partial charge >= 0.3 is 0 Å². The van der Waals surface area contributed by atoms with E-state index in [4.69, 9.17) is 0 Å². The van der Waals surface area contributed by atoms with Crippen molar-refractivity contribution in [1.29, 1.82) is 0 Å². The molecule has 2 nitrogen and oxygen atoms in total. The van der Waals surface area contributed by atoms with E-state index >= 15 is 0 Å². The van der Waals surface area contributed by atoms with E-state index in [2.05, 4.69) is 17.6 Å². The van der Waals surface area contributed by atoms with Gasteiger partial charge in [0, 0.05) is 25.2 Å². The molecule has 0 spiro atoms. The molecule has 0 amide bonds. The SMILES string of the molecule is CC1(CNCC2CC3CCCCC3N2)CCCC1. The first-order chi connectivity index (χ1) is 8.75. The molecule has 2 heteroatoms. The van der Waals surface area contributed by atoms with Gasteiger partial charge in [0.1, 0.15) is 0 Å². The van der Waals surface area contributed by atoms with E-state index in [-0.39, 0.29) is 0 Å². The molecule has 3 aliphatic rings. The normalized spacial score (nSPS) is 38.8. The van der Waals surface area contributed by atoms with E-state index in [0.29, 0.717) is 5.41 Å². The van der Waals surface area contributed by atoms with Crippen LogP contribution in [0.25, 0.3) is 0 Å². The van der Waals surface area contributed by atoms with E-state index in [9.17, 15) is 0 Å². The highest BCUT2D eigenvalue weighted by atomic mass is 15.0. The van der Waals surface area contributed by atoms with Gasteiger partial charge in [-0.3, -0.25) is 0 Å². The van der Waals surface area contributed by atoms with Crippen LogP contribution in [0, 0.1) is 11.3 Å². The van der Waals surface area contributed by atoms with E-state index < -0.39 is 0 Å². The molecular weight excluding hydrogens is 220 g/mol. The maximum absolute atomic E-state index is 3.87. The van der Waals surface area contributed by atoms with Crippen molar-refractivity contribution in [3.8, 4) is 0 Å². The van der Waals surface area contributed by atoms with Gasteiger partial charge in [-0.25, -0.2) is 0 Å². The highest BCUT2D eigenvalue weighted by Crippen LogP contribution is 2.37. The molecule has 2 aliphatic carbocycles. The first-order valence-corrected chi connectivity index (χ1v) is 8.22. The molecule has 3 unspecified atom stereocenters. The second-order valence-corrected chi connectivity index (χ2v) is 7.40. The fourth-order valence-electron chi connectivity index (χ4n) is 4.54. The predicted molar refractivity (Wildman–Crippen MR) is 76.7 cm³/mol. The Morgan fingerprint density at radius 1 is 1.11 bits per heavy atom. The van der Waals surface area contributed by atoms with Gasteiger partial charge in [-0.15, -0.1) is 0 Å². The molecule has 104 valence electrons. The van der Waals surface area contributed by atoms with Crippen molar-refractivity contribution >= 4 is 0 Å². The van der Waals surface area contributed by atoms with Crippen LogP contribution < -0.4 is 10.6 Å². The second kappa shape index (κ2) is 5.50. The number of nitrogens with one attached hydrogen (secondary N) is 2. The third-order valence-corrected chi connectivity index (χ3v) is 5.70. The summed E-state index contributed by atoms with van der Waals surface area (Å²) in [5, 5.41) is 7.63. The van der Waals surface area contributed by atoms with Gasteiger partial charge in [-0.05, 0) is 43.4 Å². The van der Waals surface area contributed by atoms with Crippen molar-refractivity contribution in [1.82, 2.24) is 10.6 Å². The zero-order chi connectivity index (χ0) is 12.4. The molecule has 3 atom stereocenters. The Kier molecular flexibility index (Phi) is 3.95. The molecule has 1 heterocycles. The molecule has 0 aromatic rings. The lowest BCUT2D eigenvalue weighted by Crippen LogP contribution is -2.41. The van der Waals surface area contributed by atoms with Crippen molar-refractivity contribution in [3.63, 3.8) is 0 Å². The Labute approximate surface area is 112 Å². The molecule has 18 heavy (non-hydrogen) atoms. The monoisotopic (exact) mass is 250 g/mol. The Morgan fingerprint density at radius 3 is 2.67 bits per heavy atom. The molecule has 2 N–H and O–H groups in total. The number of rotatable bonds is 4. The summed E-state index contributed by atoms with van der Waals surface area (Å²) in [7, 11) is 0. The number of fused-ring (bicyclic) bond motifs is 1. The summed E-state index contributed by atoms with van der Waals surface area (Å²) in [5.41, 5.74) is 0.603. The molecule has 0 radical (unpaired) electrons. The minimum absolute atomic E-state index is 0.603. The van der Waals surface area contributed by atoms with Gasteiger partial charge in [0.25, 0.3) is 0 Å². The minimum atomic E-state index is 0.603. The lowest BCUT2D eigenvalue weighted by atomic mass is 9.85. The zero-order valence-corrected chi connectivity index (χ0v) is 12.0. The summed E-state index contributed by atoms with van der Waals surface area (Å²) < 4.78 is 0. The fraction of sp³-hybridized carbons (Fsp3) is 1.00. The third kappa shape index (κ3) is 2.91. The van der Waals surface area contributed by atoms with E-state index in [0.717, 1.165) is 18.0 Å². The average Bonchev–Trinajstić information content (AvgIpc) is 2.95. The predicted octanol–water partition coefficient (Wildman–Crippen LogP) is 3.08. The summed E-state index contributed by atoms with van der Waals surface area (Å²) in [5.74, 6) is 0.993. The van der Waals surface area contributed by atoms with Crippen molar-refractivity contribution in [3.05, 3.63) is 0 Å². The lowest BCUT2D eigenvalue weighted by Gasteiger charge is -2.25. The first-order valence-electron chi connectivity index (χ1n) is 8.22. The molecule has 1 saturated heterocycles. The molecule has 0 bridgehead atoms. The molecule has 0 aromatic heterocycles. The van der Waals surface area contributed by atoms with Gasteiger partial charge in [-0.2, -0.15) is 0 Å². The third-order valence-electron chi connectivity index (χ3n) is 5.70. The molecular formula is C16H30N2. The zero-order valence-electron chi connectivity index (χ0n) is 12.0. The molecule has 2 saturated carbocycles. The highest BCUT2D eigenvalue weighted by molar-refractivity contribution is 4.94. The Bertz CT molecular complexity index is 256. The summed E-state index contributed by atoms with van der Waals surface area (Å²) in [6, 6.07) is 1.61. The van der Waals surface area contributed by atoms with Crippen LogP contribution in [0.5, 0.6) is 0 Å². The maximum Gasteiger partial charge on any atom is 0.0198 e. The van der Waals surface area contributed by atoms with Gasteiger partial charge < -0.3 is 10.6 Å². The summed E-state index contributed by atoms with van der Waals surface area (Å²) in [4.78, 5) is 0. The summed E-state index contributed by atoms with van der Waals surface area (Å²) >= 11 is 0. The Hall–Kier alpha value is -0.0800. The topological polar surface area (TPSA) is 24.1 Å². The van der Waals surface area contributed by atoms with Crippen LogP contribution >= 0.6 is 0 Å². The van der Waals surface area contributed by atoms with Crippen LogP contribution in [0.1, 0.15) is 64.7 Å². The van der Waals surface area contributed by atoms with Gasteiger partial charge in [0.05, 0.1) is 0 Å². The Morgan fingerprint density at radius 2 is 1.89 bits per heavy atom. The average molecular weight is 250 g/mol. The summed E-state index contributed by atoms with van der Waals surface area (Å²) in [6.45, 7) is 4.90. The Balaban J connectivity index is 1.39. The van der Waals surface area contributed by atoms with Crippen LogP contribution in [-0.4, -0.2) is 25.2 Å². The summed E-state index contributed by atoms with van der Waals surface area (Å²) in [6.07, 6.45) is 13.0. The van der Waals surface area contributed by atoms with E-state index in [1.165, 1.54) is 70.9 Å². The smallest absolute Gasteiger partial charge is 0.0198 e. The molecule has 3 fully saturated rings. The van der Waals surface area contributed by atoms with Crippen molar-refractivity contribution in [2.45, 2.75) is 76.8 Å². The van der Waals surface area contributed by atoms with Crippen LogP contribution in [0.2, 0.25) is 0 Å². The first kappa shape index (κ1) is 12.9.